The van der Waals surface area contributed by atoms with Gasteiger partial charge in [0.05, 0.1) is 13.2 Å². The Kier molecular flexibility index (Phi) is 5.63. The van der Waals surface area contributed by atoms with E-state index >= 15 is 0 Å². The van der Waals surface area contributed by atoms with Gasteiger partial charge in [0.15, 0.2) is 0 Å². The van der Waals surface area contributed by atoms with Gasteiger partial charge >= 0.3 is 0 Å². The largest absolute Gasteiger partial charge is 0.382 e. The molecule has 0 fully saturated rings. The van der Waals surface area contributed by atoms with E-state index in [1.54, 1.807) is 7.11 Å². The van der Waals surface area contributed by atoms with Crippen LogP contribution >= 0.6 is 0 Å². The molecule has 1 aliphatic heterocycles. The predicted octanol–water partition coefficient (Wildman–Crippen LogP) is 1.95. The lowest BCUT2D eigenvalue weighted by Gasteiger charge is -2.34. The van der Waals surface area contributed by atoms with Crippen LogP contribution in [0.4, 0.5) is 5.69 Å². The maximum atomic E-state index is 6.15. The van der Waals surface area contributed by atoms with Gasteiger partial charge in [0, 0.05) is 38.5 Å². The second-order valence-corrected chi connectivity index (χ2v) is 4.90. The maximum Gasteiger partial charge on any atom is 0.0700 e. The number of hydrogen-bond acceptors (Lipinski definition) is 4. The molecular weight excluding hydrogens is 240 g/mol. The second-order valence-electron chi connectivity index (χ2n) is 4.90. The molecule has 0 bridgehead atoms. The molecule has 2 N–H and O–H groups in total. The highest BCUT2D eigenvalue weighted by atomic mass is 16.5. The van der Waals surface area contributed by atoms with Gasteiger partial charge in [-0.1, -0.05) is 18.2 Å². The van der Waals surface area contributed by atoms with Gasteiger partial charge in [-0.05, 0) is 24.5 Å². The molecule has 1 aliphatic rings. The van der Waals surface area contributed by atoms with E-state index in [0.29, 0.717) is 13.2 Å². The predicted molar refractivity (Wildman–Crippen MR) is 77.5 cm³/mol. The van der Waals surface area contributed by atoms with Gasteiger partial charge in [0.2, 0.25) is 0 Å². The Bertz CT molecular complexity index is 384. The van der Waals surface area contributed by atoms with Gasteiger partial charge < -0.3 is 20.1 Å². The first kappa shape index (κ1) is 14.3. The van der Waals surface area contributed by atoms with Crippen LogP contribution in [0.2, 0.25) is 0 Å². The van der Waals surface area contributed by atoms with E-state index in [0.717, 1.165) is 32.5 Å². The standard InChI is InChI=1S/C15H24N2O2/c1-18-11-12-19-10-4-8-17-9-7-14(16)13-5-2-3-6-15(13)17/h2-3,5-6,14H,4,7-12,16H2,1H3. The van der Waals surface area contributed by atoms with Crippen molar-refractivity contribution in [2.45, 2.75) is 18.9 Å². The molecule has 0 radical (unpaired) electrons. The Hall–Kier alpha value is -1.10. The molecule has 106 valence electrons. The smallest absolute Gasteiger partial charge is 0.0700 e. The summed E-state index contributed by atoms with van der Waals surface area (Å²) in [5, 5.41) is 0. The average molecular weight is 264 g/mol. The quantitative estimate of drug-likeness (QED) is 0.765. The fourth-order valence-electron chi connectivity index (χ4n) is 2.49. The molecule has 0 aliphatic carbocycles. The number of nitrogens with two attached hydrogens (primary N) is 1. The Labute approximate surface area is 115 Å². The fourth-order valence-corrected chi connectivity index (χ4v) is 2.49. The summed E-state index contributed by atoms with van der Waals surface area (Å²) in [4.78, 5) is 2.42. The molecule has 1 atom stereocenters. The molecule has 2 rings (SSSR count). The van der Waals surface area contributed by atoms with E-state index in [2.05, 4.69) is 29.2 Å². The summed E-state index contributed by atoms with van der Waals surface area (Å²) in [6.07, 6.45) is 2.06. The van der Waals surface area contributed by atoms with Crippen molar-refractivity contribution in [3.05, 3.63) is 29.8 Å². The van der Waals surface area contributed by atoms with Crippen LogP contribution in [0.3, 0.4) is 0 Å². The first-order chi connectivity index (χ1) is 9.33. The third-order valence-corrected chi connectivity index (χ3v) is 3.54. The van der Waals surface area contributed by atoms with Crippen molar-refractivity contribution >= 4 is 5.69 Å². The van der Waals surface area contributed by atoms with Gasteiger partial charge in [-0.15, -0.1) is 0 Å². The van der Waals surface area contributed by atoms with Gasteiger partial charge in [0.25, 0.3) is 0 Å². The van der Waals surface area contributed by atoms with E-state index in [-0.39, 0.29) is 6.04 Å². The molecule has 19 heavy (non-hydrogen) atoms. The lowest BCUT2D eigenvalue weighted by Crippen LogP contribution is -2.34. The van der Waals surface area contributed by atoms with Crippen molar-refractivity contribution in [1.82, 2.24) is 0 Å². The van der Waals surface area contributed by atoms with Crippen LogP contribution in [-0.2, 0) is 9.47 Å². The van der Waals surface area contributed by atoms with Crippen molar-refractivity contribution in [3.63, 3.8) is 0 Å². The third kappa shape index (κ3) is 3.93. The number of rotatable bonds is 7. The Morgan fingerprint density at radius 2 is 2.11 bits per heavy atom. The summed E-state index contributed by atoms with van der Waals surface area (Å²) in [5.74, 6) is 0. The second kappa shape index (κ2) is 7.48. The molecule has 0 saturated heterocycles. The van der Waals surface area contributed by atoms with Crippen LogP contribution < -0.4 is 10.6 Å². The first-order valence-electron chi connectivity index (χ1n) is 6.99. The zero-order valence-corrected chi connectivity index (χ0v) is 11.7. The van der Waals surface area contributed by atoms with Crippen molar-refractivity contribution in [3.8, 4) is 0 Å². The number of methoxy groups -OCH3 is 1. The molecule has 4 nitrogen and oxygen atoms in total. The van der Waals surface area contributed by atoms with Crippen LogP contribution in [0.5, 0.6) is 0 Å². The van der Waals surface area contributed by atoms with Crippen molar-refractivity contribution in [1.29, 1.82) is 0 Å². The maximum absolute atomic E-state index is 6.15. The highest BCUT2D eigenvalue weighted by Gasteiger charge is 2.21. The molecule has 1 heterocycles. The zero-order chi connectivity index (χ0) is 13.5. The van der Waals surface area contributed by atoms with Crippen LogP contribution in [0.15, 0.2) is 24.3 Å². The molecule has 0 saturated carbocycles. The van der Waals surface area contributed by atoms with Crippen LogP contribution in [0.25, 0.3) is 0 Å². The topological polar surface area (TPSA) is 47.7 Å². The Morgan fingerprint density at radius 3 is 2.95 bits per heavy atom. The summed E-state index contributed by atoms with van der Waals surface area (Å²) in [6, 6.07) is 8.64. The van der Waals surface area contributed by atoms with Crippen molar-refractivity contribution in [2.75, 3.05) is 44.9 Å². The van der Waals surface area contributed by atoms with Gasteiger partial charge in [-0.25, -0.2) is 0 Å². The summed E-state index contributed by atoms with van der Waals surface area (Å²) in [7, 11) is 1.69. The first-order valence-corrected chi connectivity index (χ1v) is 6.99. The van der Waals surface area contributed by atoms with Crippen molar-refractivity contribution in [2.24, 2.45) is 5.73 Å². The van der Waals surface area contributed by atoms with Crippen LogP contribution in [-0.4, -0.2) is 40.0 Å². The van der Waals surface area contributed by atoms with E-state index in [4.69, 9.17) is 15.2 Å². The van der Waals surface area contributed by atoms with E-state index in [1.807, 2.05) is 0 Å². The van der Waals surface area contributed by atoms with E-state index < -0.39 is 0 Å². The average Bonchev–Trinajstić information content (AvgIpc) is 2.45. The highest BCUT2D eigenvalue weighted by molar-refractivity contribution is 5.56. The number of ether oxygens (including phenoxy) is 2. The molecule has 1 aromatic carbocycles. The lowest BCUT2D eigenvalue weighted by molar-refractivity contribution is 0.0700. The number of hydrogen-bond donors (Lipinski definition) is 1. The lowest BCUT2D eigenvalue weighted by atomic mass is 9.97. The molecule has 4 heteroatoms. The Balaban J connectivity index is 1.80. The summed E-state index contributed by atoms with van der Waals surface area (Å²) in [6.45, 7) is 4.19. The highest BCUT2D eigenvalue weighted by Crippen LogP contribution is 2.31. The molecular formula is C15H24N2O2. The minimum absolute atomic E-state index is 0.186. The zero-order valence-electron chi connectivity index (χ0n) is 11.7. The molecule has 1 aromatic rings. The normalized spacial score (nSPS) is 18.4. The van der Waals surface area contributed by atoms with Gasteiger partial charge in [0.1, 0.15) is 0 Å². The molecule has 0 aromatic heterocycles. The van der Waals surface area contributed by atoms with Crippen LogP contribution in [0, 0.1) is 0 Å². The molecule has 0 spiro atoms. The van der Waals surface area contributed by atoms with Crippen LogP contribution in [0.1, 0.15) is 24.4 Å². The fraction of sp³-hybridized carbons (Fsp3) is 0.600. The third-order valence-electron chi connectivity index (χ3n) is 3.54. The van der Waals surface area contributed by atoms with Crippen molar-refractivity contribution < 1.29 is 9.47 Å². The summed E-state index contributed by atoms with van der Waals surface area (Å²) < 4.78 is 10.4. The number of nitrogens with zero attached hydrogens (tertiary/aromatic N) is 1. The summed E-state index contributed by atoms with van der Waals surface area (Å²) >= 11 is 0. The van der Waals surface area contributed by atoms with Gasteiger partial charge in [-0.3, -0.25) is 0 Å². The number of fused-ring (bicyclic) bond motifs is 1. The number of para-hydroxylation sites is 1. The van der Waals surface area contributed by atoms with E-state index in [9.17, 15) is 0 Å². The molecule has 0 amide bonds. The minimum Gasteiger partial charge on any atom is -0.382 e. The SMILES string of the molecule is COCCOCCCN1CCC(N)c2ccccc21. The minimum atomic E-state index is 0.186. The van der Waals surface area contributed by atoms with E-state index in [1.165, 1.54) is 11.3 Å². The number of benzene rings is 1. The Morgan fingerprint density at radius 1 is 1.26 bits per heavy atom. The number of anilines is 1. The molecule has 1 unspecified atom stereocenters. The monoisotopic (exact) mass is 264 g/mol. The summed E-state index contributed by atoms with van der Waals surface area (Å²) in [5.41, 5.74) is 8.72. The van der Waals surface area contributed by atoms with Gasteiger partial charge in [-0.2, -0.15) is 0 Å².